The summed E-state index contributed by atoms with van der Waals surface area (Å²) < 4.78 is 5.73. The minimum atomic E-state index is -0.730. The first-order chi connectivity index (χ1) is 7.99. The molecule has 0 radical (unpaired) electrons. The molecule has 1 aromatic rings. The lowest BCUT2D eigenvalue weighted by molar-refractivity contribution is -0.138. The minimum absolute atomic E-state index is 0.108. The fourth-order valence-corrected chi connectivity index (χ4v) is 2.12. The molecular formula is C14H18O3. The molecule has 92 valence electrons. The highest BCUT2D eigenvalue weighted by molar-refractivity contribution is 5.68. The first-order valence-corrected chi connectivity index (χ1v) is 5.92. The molecule has 0 aromatic heterocycles. The molecule has 1 fully saturated rings. The zero-order chi connectivity index (χ0) is 12.5. The average Bonchev–Trinajstić information content (AvgIpc) is 2.93. The molecule has 0 aliphatic heterocycles. The van der Waals surface area contributed by atoms with Gasteiger partial charge in [-0.3, -0.25) is 4.79 Å². The van der Waals surface area contributed by atoms with E-state index in [2.05, 4.69) is 6.07 Å². The van der Waals surface area contributed by atoms with Gasteiger partial charge in [0.15, 0.2) is 0 Å². The number of hydrogen-bond donors (Lipinski definition) is 1. The molecule has 3 heteroatoms. The number of hydrogen-bond acceptors (Lipinski definition) is 2. The van der Waals surface area contributed by atoms with E-state index in [0.717, 1.165) is 18.6 Å². The third-order valence-corrected chi connectivity index (χ3v) is 3.22. The van der Waals surface area contributed by atoms with Crippen molar-refractivity contribution in [3.8, 4) is 5.75 Å². The maximum Gasteiger partial charge on any atom is 0.304 e. The third kappa shape index (κ3) is 3.22. The Morgan fingerprint density at radius 1 is 1.29 bits per heavy atom. The molecule has 0 spiro atoms. The SMILES string of the molecule is Cc1cc(C)cc(OCC2(CC(=O)O)CC2)c1. The molecule has 0 amide bonds. The molecule has 1 aromatic carbocycles. The van der Waals surface area contributed by atoms with Gasteiger partial charge in [-0.05, 0) is 49.9 Å². The molecule has 0 heterocycles. The Balaban J connectivity index is 1.96. The van der Waals surface area contributed by atoms with Gasteiger partial charge in [0.05, 0.1) is 13.0 Å². The summed E-state index contributed by atoms with van der Waals surface area (Å²) in [7, 11) is 0. The van der Waals surface area contributed by atoms with Crippen molar-refractivity contribution >= 4 is 5.97 Å². The summed E-state index contributed by atoms with van der Waals surface area (Å²) in [5, 5.41) is 8.82. The van der Waals surface area contributed by atoms with Gasteiger partial charge < -0.3 is 9.84 Å². The first-order valence-electron chi connectivity index (χ1n) is 5.92. The first kappa shape index (κ1) is 12.0. The number of benzene rings is 1. The number of aliphatic carboxylic acids is 1. The Labute approximate surface area is 101 Å². The summed E-state index contributed by atoms with van der Waals surface area (Å²) >= 11 is 0. The van der Waals surface area contributed by atoms with Crippen LogP contribution in [0.5, 0.6) is 5.75 Å². The van der Waals surface area contributed by atoms with Crippen LogP contribution in [0.2, 0.25) is 0 Å². The fraction of sp³-hybridized carbons (Fsp3) is 0.500. The lowest BCUT2D eigenvalue weighted by atomic mass is 10.0. The number of rotatable bonds is 5. The molecule has 17 heavy (non-hydrogen) atoms. The maximum atomic E-state index is 10.7. The highest BCUT2D eigenvalue weighted by Gasteiger charge is 2.45. The van der Waals surface area contributed by atoms with Gasteiger partial charge in [-0.25, -0.2) is 0 Å². The van der Waals surface area contributed by atoms with Crippen LogP contribution < -0.4 is 4.74 Å². The number of carboxylic acids is 1. The topological polar surface area (TPSA) is 46.5 Å². The molecule has 0 bridgehead atoms. The van der Waals surface area contributed by atoms with E-state index in [1.54, 1.807) is 0 Å². The van der Waals surface area contributed by atoms with Crippen molar-refractivity contribution < 1.29 is 14.6 Å². The van der Waals surface area contributed by atoms with Crippen LogP contribution in [0.25, 0.3) is 0 Å². The number of ether oxygens (including phenoxy) is 1. The second kappa shape index (κ2) is 4.40. The van der Waals surface area contributed by atoms with Crippen molar-refractivity contribution in [1.82, 2.24) is 0 Å². The fourth-order valence-electron chi connectivity index (χ4n) is 2.12. The summed E-state index contributed by atoms with van der Waals surface area (Å²) in [4.78, 5) is 10.7. The van der Waals surface area contributed by atoms with Crippen LogP contribution in [0.3, 0.4) is 0 Å². The van der Waals surface area contributed by atoms with Gasteiger partial charge in [-0.2, -0.15) is 0 Å². The quantitative estimate of drug-likeness (QED) is 0.852. The van der Waals surface area contributed by atoms with E-state index in [-0.39, 0.29) is 11.8 Å². The average molecular weight is 234 g/mol. The van der Waals surface area contributed by atoms with Gasteiger partial charge >= 0.3 is 5.97 Å². The molecule has 1 saturated carbocycles. The van der Waals surface area contributed by atoms with Gasteiger partial charge in [0, 0.05) is 5.41 Å². The van der Waals surface area contributed by atoms with Crippen LogP contribution in [0.1, 0.15) is 30.4 Å². The largest absolute Gasteiger partial charge is 0.493 e. The summed E-state index contributed by atoms with van der Waals surface area (Å²) in [6.07, 6.45) is 2.14. The predicted molar refractivity (Wildman–Crippen MR) is 65.3 cm³/mol. The van der Waals surface area contributed by atoms with E-state index in [9.17, 15) is 4.79 Å². The van der Waals surface area contributed by atoms with Gasteiger partial charge in [0.1, 0.15) is 5.75 Å². The molecule has 1 N–H and O–H groups in total. The van der Waals surface area contributed by atoms with Crippen LogP contribution in [0.4, 0.5) is 0 Å². The van der Waals surface area contributed by atoms with Crippen molar-refractivity contribution in [2.75, 3.05) is 6.61 Å². The number of carbonyl (C=O) groups is 1. The highest BCUT2D eigenvalue weighted by Crippen LogP contribution is 2.49. The summed E-state index contributed by atoms with van der Waals surface area (Å²) in [6, 6.07) is 6.07. The lowest BCUT2D eigenvalue weighted by Crippen LogP contribution is -2.17. The molecule has 0 saturated heterocycles. The van der Waals surface area contributed by atoms with Crippen LogP contribution in [-0.2, 0) is 4.79 Å². The molecule has 0 atom stereocenters. The van der Waals surface area contributed by atoms with E-state index >= 15 is 0 Å². The highest BCUT2D eigenvalue weighted by atomic mass is 16.5. The van der Waals surface area contributed by atoms with E-state index in [0.29, 0.717) is 6.61 Å². The Hall–Kier alpha value is -1.51. The normalized spacial score (nSPS) is 16.6. The van der Waals surface area contributed by atoms with E-state index < -0.39 is 5.97 Å². The van der Waals surface area contributed by atoms with Crippen molar-refractivity contribution in [2.45, 2.75) is 33.1 Å². The minimum Gasteiger partial charge on any atom is -0.493 e. The van der Waals surface area contributed by atoms with Crippen LogP contribution >= 0.6 is 0 Å². The molecular weight excluding hydrogens is 216 g/mol. The van der Waals surface area contributed by atoms with Gasteiger partial charge in [0.2, 0.25) is 0 Å². The van der Waals surface area contributed by atoms with E-state index in [1.807, 2.05) is 26.0 Å². The number of carboxylic acid groups (broad SMARTS) is 1. The van der Waals surface area contributed by atoms with Gasteiger partial charge in [0.25, 0.3) is 0 Å². The molecule has 3 nitrogen and oxygen atoms in total. The summed E-state index contributed by atoms with van der Waals surface area (Å²) in [6.45, 7) is 4.58. The third-order valence-electron chi connectivity index (χ3n) is 3.22. The van der Waals surface area contributed by atoms with Gasteiger partial charge in [-0.1, -0.05) is 6.07 Å². The summed E-state index contributed by atoms with van der Waals surface area (Å²) in [5.41, 5.74) is 2.23. The van der Waals surface area contributed by atoms with E-state index in [4.69, 9.17) is 9.84 Å². The Morgan fingerprint density at radius 3 is 2.35 bits per heavy atom. The summed E-state index contributed by atoms with van der Waals surface area (Å²) in [5.74, 6) is 0.116. The maximum absolute atomic E-state index is 10.7. The smallest absolute Gasteiger partial charge is 0.304 e. The lowest BCUT2D eigenvalue weighted by Gasteiger charge is -2.14. The van der Waals surface area contributed by atoms with E-state index in [1.165, 1.54) is 11.1 Å². The Kier molecular flexibility index (Phi) is 3.09. The number of aryl methyl sites for hydroxylation is 2. The van der Waals surface area contributed by atoms with Crippen molar-refractivity contribution in [2.24, 2.45) is 5.41 Å². The predicted octanol–water partition coefficient (Wildman–Crippen LogP) is 2.94. The molecule has 0 unspecified atom stereocenters. The van der Waals surface area contributed by atoms with Crippen molar-refractivity contribution in [3.05, 3.63) is 29.3 Å². The Bertz CT molecular complexity index is 413. The van der Waals surface area contributed by atoms with Crippen LogP contribution in [0, 0.1) is 19.3 Å². The van der Waals surface area contributed by atoms with Crippen LogP contribution in [-0.4, -0.2) is 17.7 Å². The Morgan fingerprint density at radius 2 is 1.88 bits per heavy atom. The van der Waals surface area contributed by atoms with Crippen LogP contribution in [0.15, 0.2) is 18.2 Å². The van der Waals surface area contributed by atoms with Gasteiger partial charge in [-0.15, -0.1) is 0 Å². The molecule has 1 aliphatic rings. The zero-order valence-electron chi connectivity index (χ0n) is 10.3. The second-order valence-corrected chi connectivity index (χ2v) is 5.18. The van der Waals surface area contributed by atoms with Crippen molar-refractivity contribution in [3.63, 3.8) is 0 Å². The second-order valence-electron chi connectivity index (χ2n) is 5.18. The molecule has 1 aliphatic carbocycles. The monoisotopic (exact) mass is 234 g/mol. The standard InChI is InChI=1S/C14H18O3/c1-10-5-11(2)7-12(6-10)17-9-14(3-4-14)8-13(15)16/h5-7H,3-4,8-9H2,1-2H3,(H,15,16). The molecule has 2 rings (SSSR count). The zero-order valence-corrected chi connectivity index (χ0v) is 10.3. The van der Waals surface area contributed by atoms with Crippen molar-refractivity contribution in [1.29, 1.82) is 0 Å².